The zero-order valence-corrected chi connectivity index (χ0v) is 17.6. The van der Waals surface area contributed by atoms with E-state index in [1.807, 2.05) is 0 Å². The minimum absolute atomic E-state index is 0.0435. The highest BCUT2D eigenvalue weighted by atomic mass is 32.2. The number of hydrogen-bond acceptors (Lipinski definition) is 6. The van der Waals surface area contributed by atoms with Crippen LogP contribution in [-0.4, -0.2) is 56.8 Å². The number of carbonyl (C=O) groups excluding carboxylic acids is 2. The van der Waals surface area contributed by atoms with E-state index < -0.39 is 22.1 Å². The zero-order valence-electron chi connectivity index (χ0n) is 16.8. The molecule has 9 heteroatoms. The maximum atomic E-state index is 12.5. The monoisotopic (exact) mass is 421 g/mol. The normalized spacial score (nSPS) is 20.6. The molecule has 0 saturated heterocycles. The van der Waals surface area contributed by atoms with Gasteiger partial charge in [0.05, 0.1) is 17.9 Å². The highest BCUT2D eigenvalue weighted by Crippen LogP contribution is 2.23. The molecule has 8 nitrogen and oxygen atoms in total. The van der Waals surface area contributed by atoms with Crippen molar-refractivity contribution in [1.82, 2.24) is 9.62 Å². The van der Waals surface area contributed by atoms with Crippen molar-refractivity contribution in [3.63, 3.8) is 0 Å². The van der Waals surface area contributed by atoms with Gasteiger partial charge in [0.25, 0.3) is 15.9 Å². The number of ether oxygens (including phenoxy) is 1. The Labute approximate surface area is 171 Å². The van der Waals surface area contributed by atoms with E-state index in [-0.39, 0.29) is 35.6 Å². The van der Waals surface area contributed by atoms with Crippen molar-refractivity contribution in [3.8, 4) is 0 Å². The van der Waals surface area contributed by atoms with Crippen molar-refractivity contribution in [2.45, 2.75) is 62.5 Å². The molecule has 1 aliphatic heterocycles. The second-order valence-corrected chi connectivity index (χ2v) is 9.11. The smallest absolute Gasteiger partial charge is 0.308 e. The van der Waals surface area contributed by atoms with Crippen LogP contribution in [0.15, 0.2) is 34.2 Å². The minimum Gasteiger partial charge on any atom is -0.452 e. The van der Waals surface area contributed by atoms with Gasteiger partial charge in [0.2, 0.25) is 0 Å². The zero-order chi connectivity index (χ0) is 21.0. The van der Waals surface area contributed by atoms with Gasteiger partial charge in [0, 0.05) is 18.7 Å². The summed E-state index contributed by atoms with van der Waals surface area (Å²) in [5, 5.41) is 0. The van der Waals surface area contributed by atoms with Gasteiger partial charge in [0.15, 0.2) is 6.10 Å². The molecule has 2 aliphatic rings. The van der Waals surface area contributed by atoms with E-state index in [4.69, 9.17) is 4.74 Å². The number of benzene rings is 1. The first-order valence-corrected chi connectivity index (χ1v) is 11.4. The Hall–Kier alpha value is -2.42. The number of fused-ring (bicyclic) bond motifs is 1. The lowest BCUT2D eigenvalue weighted by molar-refractivity contribution is -0.159. The van der Waals surface area contributed by atoms with Crippen LogP contribution >= 0.6 is 0 Å². The molecule has 0 spiro atoms. The molecule has 29 heavy (non-hydrogen) atoms. The first-order chi connectivity index (χ1) is 13.8. The maximum absolute atomic E-state index is 12.5. The Morgan fingerprint density at radius 2 is 1.93 bits per heavy atom. The molecular formula is C20H27N3O5S. The van der Waals surface area contributed by atoms with Crippen LogP contribution in [0.5, 0.6) is 0 Å². The van der Waals surface area contributed by atoms with Gasteiger partial charge >= 0.3 is 5.97 Å². The third kappa shape index (κ3) is 4.95. The maximum Gasteiger partial charge on any atom is 0.308 e. The van der Waals surface area contributed by atoms with Crippen LogP contribution in [0.2, 0.25) is 0 Å². The van der Waals surface area contributed by atoms with Crippen molar-refractivity contribution in [3.05, 3.63) is 29.8 Å². The Balaban J connectivity index is 1.51. The minimum atomic E-state index is -3.60. The first kappa shape index (κ1) is 21.3. The third-order valence-electron chi connectivity index (χ3n) is 5.37. The summed E-state index contributed by atoms with van der Waals surface area (Å²) < 4.78 is 31.7. The van der Waals surface area contributed by atoms with Crippen LogP contribution in [0.4, 0.5) is 0 Å². The van der Waals surface area contributed by atoms with Gasteiger partial charge in [-0.3, -0.25) is 19.3 Å². The van der Waals surface area contributed by atoms with E-state index in [1.165, 1.54) is 12.5 Å². The SMILES string of the molecule is C[C@@H](OC(=O)CCN=C1NS(=O)(=O)c2ccccc21)C(=O)N(C)C1CCCCC1. The lowest BCUT2D eigenvalue weighted by atomic mass is 9.94. The van der Waals surface area contributed by atoms with E-state index in [2.05, 4.69) is 9.71 Å². The van der Waals surface area contributed by atoms with E-state index in [0.717, 1.165) is 25.7 Å². The van der Waals surface area contributed by atoms with Gasteiger partial charge in [-0.15, -0.1) is 0 Å². The van der Waals surface area contributed by atoms with Crippen LogP contribution < -0.4 is 4.72 Å². The lowest BCUT2D eigenvalue weighted by Crippen LogP contribution is -2.44. The molecule has 1 aliphatic carbocycles. The summed E-state index contributed by atoms with van der Waals surface area (Å²) in [5.74, 6) is -0.523. The van der Waals surface area contributed by atoms with Gasteiger partial charge in [-0.25, -0.2) is 8.42 Å². The van der Waals surface area contributed by atoms with Gasteiger partial charge in [-0.2, -0.15) is 0 Å². The van der Waals surface area contributed by atoms with Gasteiger partial charge in [-0.1, -0.05) is 31.4 Å². The molecule has 0 unspecified atom stereocenters. The number of nitrogens with one attached hydrogen (secondary N) is 1. The number of rotatable bonds is 6. The van der Waals surface area contributed by atoms with Crippen molar-refractivity contribution in [2.75, 3.05) is 13.6 Å². The molecule has 0 bridgehead atoms. The fraction of sp³-hybridized carbons (Fsp3) is 0.550. The van der Waals surface area contributed by atoms with Gasteiger partial charge in [-0.05, 0) is 31.9 Å². The fourth-order valence-corrected chi connectivity index (χ4v) is 5.00. The van der Waals surface area contributed by atoms with Gasteiger partial charge < -0.3 is 9.64 Å². The molecule has 3 rings (SSSR count). The summed E-state index contributed by atoms with van der Waals surface area (Å²) in [6.07, 6.45) is 4.50. The third-order valence-corrected chi connectivity index (χ3v) is 6.77. The fourth-order valence-electron chi connectivity index (χ4n) is 3.75. The van der Waals surface area contributed by atoms with Crippen molar-refractivity contribution >= 4 is 27.7 Å². The number of nitrogens with zero attached hydrogens (tertiary/aromatic N) is 2. The Morgan fingerprint density at radius 3 is 2.66 bits per heavy atom. The van der Waals surface area contributed by atoms with E-state index in [0.29, 0.717) is 5.56 Å². The second-order valence-electron chi connectivity index (χ2n) is 7.46. The molecule has 1 heterocycles. The molecule has 1 saturated carbocycles. The van der Waals surface area contributed by atoms with Crippen LogP contribution in [0.3, 0.4) is 0 Å². The highest BCUT2D eigenvalue weighted by molar-refractivity contribution is 7.90. The number of carbonyl (C=O) groups is 2. The number of esters is 1. The van der Waals surface area contributed by atoms with Gasteiger partial charge in [0.1, 0.15) is 5.84 Å². The molecule has 0 radical (unpaired) electrons. The quantitative estimate of drug-likeness (QED) is 0.706. The molecule has 1 aromatic rings. The van der Waals surface area contributed by atoms with E-state index >= 15 is 0 Å². The first-order valence-electron chi connectivity index (χ1n) is 9.92. The molecule has 158 valence electrons. The molecule has 1 amide bonds. The largest absolute Gasteiger partial charge is 0.452 e. The number of aliphatic imine (C=N–C) groups is 1. The average molecular weight is 422 g/mol. The summed E-state index contributed by atoms with van der Waals surface area (Å²) in [7, 11) is -1.84. The summed E-state index contributed by atoms with van der Waals surface area (Å²) >= 11 is 0. The molecule has 1 fully saturated rings. The standard InChI is InChI=1S/C20H27N3O5S/c1-14(20(25)23(2)15-8-4-3-5-9-15)28-18(24)12-13-21-19-16-10-6-7-11-17(16)29(26,27)22-19/h6-7,10-11,14-15H,3-5,8-9,12-13H2,1-2H3,(H,21,22)/t14-/m1/s1. The Morgan fingerprint density at radius 1 is 1.24 bits per heavy atom. The summed E-state index contributed by atoms with van der Waals surface area (Å²) in [5.41, 5.74) is 0.485. The lowest BCUT2D eigenvalue weighted by Gasteiger charge is -2.32. The average Bonchev–Trinajstić information content (AvgIpc) is 2.98. The van der Waals surface area contributed by atoms with Crippen molar-refractivity contribution in [1.29, 1.82) is 0 Å². The second kappa shape index (κ2) is 8.94. The predicted molar refractivity (Wildman–Crippen MR) is 108 cm³/mol. The molecule has 1 aromatic carbocycles. The molecule has 0 aromatic heterocycles. The number of hydrogen-bond donors (Lipinski definition) is 1. The van der Waals surface area contributed by atoms with Crippen LogP contribution in [0.25, 0.3) is 0 Å². The summed E-state index contributed by atoms with van der Waals surface area (Å²) in [6, 6.07) is 6.73. The van der Waals surface area contributed by atoms with Crippen LogP contribution in [0, 0.1) is 0 Å². The molecule has 1 atom stereocenters. The number of amidine groups is 1. The Kier molecular flexibility index (Phi) is 6.56. The topological polar surface area (TPSA) is 105 Å². The summed E-state index contributed by atoms with van der Waals surface area (Å²) in [4.78, 5) is 30.7. The molecular weight excluding hydrogens is 394 g/mol. The number of amides is 1. The van der Waals surface area contributed by atoms with Crippen LogP contribution in [-0.2, 0) is 24.3 Å². The van der Waals surface area contributed by atoms with E-state index in [1.54, 1.807) is 37.1 Å². The Bertz CT molecular complexity index is 906. The predicted octanol–water partition coefficient (Wildman–Crippen LogP) is 1.84. The van der Waals surface area contributed by atoms with E-state index in [9.17, 15) is 18.0 Å². The number of sulfonamides is 1. The van der Waals surface area contributed by atoms with Crippen LogP contribution in [0.1, 0.15) is 51.0 Å². The van der Waals surface area contributed by atoms with Crippen molar-refractivity contribution < 1.29 is 22.7 Å². The molecule has 1 N–H and O–H groups in total. The van der Waals surface area contributed by atoms with Crippen molar-refractivity contribution in [2.24, 2.45) is 4.99 Å². The number of likely N-dealkylation sites (N-methyl/N-ethyl adjacent to an activating group) is 1. The highest BCUT2D eigenvalue weighted by Gasteiger charge is 2.30. The summed E-state index contributed by atoms with van der Waals surface area (Å²) in [6.45, 7) is 1.64.